The summed E-state index contributed by atoms with van der Waals surface area (Å²) in [6, 6.07) is 16.2. The predicted octanol–water partition coefficient (Wildman–Crippen LogP) is 5.39. The molecule has 1 N–H and O–H groups in total. The Hall–Kier alpha value is -3.34. The Morgan fingerprint density at radius 2 is 1.57 bits per heavy atom. The van der Waals surface area contributed by atoms with Gasteiger partial charge in [-0.15, -0.1) is 0 Å². The van der Waals surface area contributed by atoms with Crippen LogP contribution in [0, 0.1) is 11.3 Å². The molecule has 3 aliphatic rings. The second-order valence-electron chi connectivity index (χ2n) is 11.9. The smallest absolute Gasteiger partial charge is 0.258 e. The summed E-state index contributed by atoms with van der Waals surface area (Å²) in [7, 11) is 1.86. The Morgan fingerprint density at radius 1 is 0.914 bits per heavy atom. The van der Waals surface area contributed by atoms with Crippen molar-refractivity contribution in [1.29, 1.82) is 0 Å². The summed E-state index contributed by atoms with van der Waals surface area (Å²) in [5.41, 5.74) is 4.20. The molecule has 3 heterocycles. The lowest BCUT2D eigenvalue weighted by molar-refractivity contribution is -0.0443. The lowest BCUT2D eigenvalue weighted by Crippen LogP contribution is -2.55. The van der Waals surface area contributed by atoms with Gasteiger partial charge in [0.1, 0.15) is 11.4 Å². The molecule has 1 fully saturated rings. The van der Waals surface area contributed by atoms with E-state index in [4.69, 9.17) is 4.74 Å². The highest BCUT2D eigenvalue weighted by molar-refractivity contribution is 5.87. The molecule has 5 heteroatoms. The van der Waals surface area contributed by atoms with Gasteiger partial charge in [-0.3, -0.25) is 9.59 Å². The molecule has 2 aromatic heterocycles. The topological polar surface area (TPSA) is 64.1 Å². The summed E-state index contributed by atoms with van der Waals surface area (Å²) in [4.78, 5) is 30.5. The number of hydrogen-bond donors (Lipinski definition) is 1. The Morgan fingerprint density at radius 3 is 2.34 bits per heavy atom. The maximum Gasteiger partial charge on any atom is 0.258 e. The van der Waals surface area contributed by atoms with Gasteiger partial charge in [-0.1, -0.05) is 44.2 Å². The normalized spacial score (nSPS) is 28.2. The van der Waals surface area contributed by atoms with Crippen molar-refractivity contribution in [3.8, 4) is 5.75 Å². The van der Waals surface area contributed by atoms with E-state index in [1.165, 1.54) is 5.56 Å². The Balaban J connectivity index is 1.53. The van der Waals surface area contributed by atoms with Gasteiger partial charge in [0.25, 0.3) is 11.1 Å². The molecule has 1 saturated carbocycles. The Labute approximate surface area is 203 Å². The second kappa shape index (κ2) is 6.66. The van der Waals surface area contributed by atoms with Gasteiger partial charge in [-0.2, -0.15) is 0 Å². The van der Waals surface area contributed by atoms with Crippen molar-refractivity contribution in [3.63, 3.8) is 0 Å². The molecule has 2 aliphatic carbocycles. The van der Waals surface area contributed by atoms with E-state index in [-0.39, 0.29) is 34.3 Å². The summed E-state index contributed by atoms with van der Waals surface area (Å²) in [5.74, 6) is 1.02. The summed E-state index contributed by atoms with van der Waals surface area (Å²) >= 11 is 0. The van der Waals surface area contributed by atoms with Gasteiger partial charge in [0, 0.05) is 34.8 Å². The average Bonchev–Trinajstić information content (AvgIpc) is 2.81. The SMILES string of the molecule is Cn1c(=O)c2c(c3ccccc31)O[C@]1(C)C[C@@H]3c4c(c5ccccc5[nH]c4=O)CC(C)(C)[C@@H]3[C@H]2C1. The number of nitrogens with one attached hydrogen (secondary N) is 1. The van der Waals surface area contributed by atoms with E-state index in [0.717, 1.165) is 57.9 Å². The molecule has 7 rings (SSSR count). The van der Waals surface area contributed by atoms with E-state index >= 15 is 0 Å². The van der Waals surface area contributed by atoms with Gasteiger partial charge in [0.15, 0.2) is 0 Å². The third kappa shape index (κ3) is 2.70. The molecule has 5 nitrogen and oxygen atoms in total. The highest BCUT2D eigenvalue weighted by Crippen LogP contribution is 2.63. The lowest BCUT2D eigenvalue weighted by atomic mass is 9.50. The molecule has 178 valence electrons. The van der Waals surface area contributed by atoms with Crippen molar-refractivity contribution in [2.24, 2.45) is 18.4 Å². The first-order valence-corrected chi connectivity index (χ1v) is 12.6. The number of ether oxygens (including phenoxy) is 1. The van der Waals surface area contributed by atoms with E-state index in [0.29, 0.717) is 0 Å². The zero-order valence-electron chi connectivity index (χ0n) is 20.6. The van der Waals surface area contributed by atoms with Crippen LogP contribution in [0.4, 0.5) is 0 Å². The van der Waals surface area contributed by atoms with Crippen molar-refractivity contribution >= 4 is 21.8 Å². The van der Waals surface area contributed by atoms with Gasteiger partial charge in [0.2, 0.25) is 0 Å². The van der Waals surface area contributed by atoms with Gasteiger partial charge in [-0.05, 0) is 67.2 Å². The fourth-order valence-corrected chi connectivity index (χ4v) is 7.94. The number of para-hydroxylation sites is 2. The lowest BCUT2D eigenvalue weighted by Gasteiger charge is -2.57. The Kier molecular flexibility index (Phi) is 3.99. The van der Waals surface area contributed by atoms with Crippen LogP contribution < -0.4 is 15.9 Å². The molecular formula is C30H30N2O3. The molecule has 2 aromatic carbocycles. The molecule has 4 atom stereocenters. The molecule has 0 spiro atoms. The number of aryl methyl sites for hydroxylation is 1. The molecule has 0 saturated heterocycles. The molecule has 2 bridgehead atoms. The van der Waals surface area contributed by atoms with E-state index < -0.39 is 5.60 Å². The third-order valence-corrected chi connectivity index (χ3v) is 9.16. The second-order valence-corrected chi connectivity index (χ2v) is 11.9. The monoisotopic (exact) mass is 466 g/mol. The number of pyridine rings is 2. The fraction of sp³-hybridized carbons (Fsp3) is 0.400. The molecule has 1 aliphatic heterocycles. The standard InChI is InChI=1S/C30H30N2O3/c1-29(2)13-18-16-9-5-7-11-21(16)31-27(33)23(18)19-14-30(3)15-20(25(19)29)24-26(35-30)17-10-6-8-12-22(17)32(4)28(24)34/h5-12,19-20,25H,13-15H2,1-4H3,(H,31,33)/t19-,20+,25+,30-/m1/s1. The van der Waals surface area contributed by atoms with Gasteiger partial charge in [0.05, 0.1) is 11.1 Å². The molecule has 35 heavy (non-hydrogen) atoms. The molecule has 4 aromatic rings. The maximum absolute atomic E-state index is 13.8. The molecular weight excluding hydrogens is 436 g/mol. The first-order chi connectivity index (χ1) is 16.7. The van der Waals surface area contributed by atoms with Crippen LogP contribution in [0.2, 0.25) is 0 Å². The van der Waals surface area contributed by atoms with Crippen LogP contribution in [0.25, 0.3) is 21.8 Å². The zero-order valence-corrected chi connectivity index (χ0v) is 20.6. The van der Waals surface area contributed by atoms with E-state index in [2.05, 4.69) is 37.9 Å². The summed E-state index contributed by atoms with van der Waals surface area (Å²) in [6.45, 7) is 6.82. The molecule has 0 radical (unpaired) electrons. The largest absolute Gasteiger partial charge is 0.486 e. The van der Waals surface area contributed by atoms with Crippen LogP contribution in [0.15, 0.2) is 58.1 Å². The number of rotatable bonds is 0. The van der Waals surface area contributed by atoms with Crippen molar-refractivity contribution in [1.82, 2.24) is 9.55 Å². The number of fused-ring (bicyclic) bond motifs is 12. The minimum absolute atomic E-state index is 0.0133. The van der Waals surface area contributed by atoms with Crippen LogP contribution in [0.5, 0.6) is 5.75 Å². The summed E-state index contributed by atoms with van der Waals surface area (Å²) < 4.78 is 8.55. The molecule has 0 unspecified atom stereocenters. The first kappa shape index (κ1) is 21.0. The average molecular weight is 467 g/mol. The van der Waals surface area contributed by atoms with Crippen molar-refractivity contribution in [2.75, 3.05) is 0 Å². The van der Waals surface area contributed by atoms with E-state index in [1.54, 1.807) is 4.57 Å². The van der Waals surface area contributed by atoms with Crippen LogP contribution in [-0.2, 0) is 13.5 Å². The molecule has 0 amide bonds. The van der Waals surface area contributed by atoms with Crippen molar-refractivity contribution in [3.05, 3.63) is 85.9 Å². The number of H-pyrrole nitrogens is 1. The minimum Gasteiger partial charge on any atom is -0.486 e. The summed E-state index contributed by atoms with van der Waals surface area (Å²) in [6.07, 6.45) is 2.40. The number of aromatic amines is 1. The van der Waals surface area contributed by atoms with Crippen LogP contribution in [0.1, 0.15) is 62.1 Å². The number of benzene rings is 2. The third-order valence-electron chi connectivity index (χ3n) is 9.16. The maximum atomic E-state index is 13.8. The van der Waals surface area contributed by atoms with Crippen molar-refractivity contribution < 1.29 is 4.74 Å². The quantitative estimate of drug-likeness (QED) is 0.378. The summed E-state index contributed by atoms with van der Waals surface area (Å²) in [5, 5.41) is 2.13. The number of nitrogens with zero attached hydrogens (tertiary/aromatic N) is 1. The zero-order chi connectivity index (χ0) is 24.3. The minimum atomic E-state index is -0.434. The number of hydrogen-bond acceptors (Lipinski definition) is 3. The van der Waals surface area contributed by atoms with E-state index in [1.807, 2.05) is 43.4 Å². The Bertz CT molecular complexity index is 1680. The first-order valence-electron chi connectivity index (χ1n) is 12.6. The van der Waals surface area contributed by atoms with Crippen LogP contribution in [0.3, 0.4) is 0 Å². The number of aromatic nitrogens is 2. The van der Waals surface area contributed by atoms with Gasteiger partial charge >= 0.3 is 0 Å². The fourth-order valence-electron chi connectivity index (χ4n) is 7.94. The van der Waals surface area contributed by atoms with E-state index in [9.17, 15) is 9.59 Å². The highest BCUT2D eigenvalue weighted by atomic mass is 16.5. The van der Waals surface area contributed by atoms with Crippen LogP contribution in [-0.4, -0.2) is 15.2 Å². The van der Waals surface area contributed by atoms with Crippen molar-refractivity contribution in [2.45, 2.75) is 57.5 Å². The van der Waals surface area contributed by atoms with Crippen LogP contribution >= 0.6 is 0 Å². The highest BCUT2D eigenvalue weighted by Gasteiger charge is 2.58. The predicted molar refractivity (Wildman–Crippen MR) is 138 cm³/mol. The van der Waals surface area contributed by atoms with Gasteiger partial charge < -0.3 is 14.3 Å². The van der Waals surface area contributed by atoms with Gasteiger partial charge in [-0.25, -0.2) is 0 Å².